The number of quaternary nitrogens is 1. The number of halogens is 1. The van der Waals surface area contributed by atoms with Gasteiger partial charge in [0.1, 0.15) is 79.7 Å². The highest BCUT2D eigenvalue weighted by Crippen LogP contribution is 2.31. The van der Waals surface area contributed by atoms with Crippen LogP contribution in [0, 0.1) is 0 Å². The minimum absolute atomic E-state index is 0.0262. The van der Waals surface area contributed by atoms with Crippen LogP contribution in [-0.4, -0.2) is 245 Å². The summed E-state index contributed by atoms with van der Waals surface area (Å²) in [7, 11) is 6.22. The van der Waals surface area contributed by atoms with Crippen molar-refractivity contribution in [2.24, 2.45) is 0 Å². The lowest BCUT2D eigenvalue weighted by molar-refractivity contribution is -0.869. The second-order valence-electron chi connectivity index (χ2n) is 26.2. The van der Waals surface area contributed by atoms with Gasteiger partial charge in [0.25, 0.3) is 11.1 Å². The van der Waals surface area contributed by atoms with Crippen LogP contribution in [0.2, 0.25) is 0 Å². The summed E-state index contributed by atoms with van der Waals surface area (Å²) in [4.78, 5) is 76.0. The van der Waals surface area contributed by atoms with Crippen molar-refractivity contribution in [1.29, 1.82) is 0 Å². The predicted molar refractivity (Wildman–Crippen MR) is 434 cm³/mol. The maximum atomic E-state index is 13.1. The number of fused-ring (bicyclic) bond motifs is 36. The number of nitrogens with one attached hydrogen (secondary N) is 7. The number of carboxylic acids is 1. The van der Waals surface area contributed by atoms with E-state index in [1.54, 1.807) is 48.5 Å². The van der Waals surface area contributed by atoms with E-state index in [4.69, 9.17) is 82.7 Å². The molecule has 37 heteroatoms. The number of aromatic nitrogens is 9. The minimum atomic E-state index is -1.10. The lowest BCUT2D eigenvalue weighted by Gasteiger charge is -2.24. The molecule has 0 fully saturated rings. The Morgan fingerprint density at radius 2 is 0.675 bits per heavy atom. The number of hydrogen-bond acceptors (Lipinski definition) is 33. The van der Waals surface area contributed by atoms with E-state index in [-0.39, 0.29) is 85.1 Å². The Balaban J connectivity index is 0.000000186. The molecule has 0 saturated carbocycles. The zero-order valence-corrected chi connectivity index (χ0v) is 66.9. The molecule has 0 radical (unpaired) electrons. The van der Waals surface area contributed by atoms with Crippen molar-refractivity contribution >= 4 is 81.5 Å². The van der Waals surface area contributed by atoms with Gasteiger partial charge in [-0.15, -0.1) is 0 Å². The van der Waals surface area contributed by atoms with Gasteiger partial charge in [-0.25, -0.2) is 4.79 Å². The molecular weight excluding hydrogens is 1540 g/mol. The molecule has 0 unspecified atom stereocenters. The molecule has 8 N–H and O–H groups in total. The average molecular weight is 1640 g/mol. The van der Waals surface area contributed by atoms with Crippen molar-refractivity contribution in [2.75, 3.05) is 205 Å². The molecule has 36 nitrogen and oxygen atoms in total. The van der Waals surface area contributed by atoms with E-state index in [0.717, 1.165) is 45.0 Å². The monoisotopic (exact) mass is 1640 g/mol. The normalized spacial score (nSPS) is 14.8. The summed E-state index contributed by atoms with van der Waals surface area (Å²) in [6.07, 6.45) is 0. The largest absolute Gasteiger partial charge is 0.491 e. The SMILES string of the molecule is CCOc1nc2nc(n1)Nc1ccc(C(=O)Cl)c(c1)OCCOCCOCCOc1ccc(cc1)CN2.CCOc1nc2nc(n1)Nc1ccc(C(=O)NCC[N+](C)(C)C)c(c1)OCCOCCOCCOc1ccc(cc1)CN2.CCOc1nc2nc(n1)Nc1ccc(C(=O)O)c(c1)OCCOCCOCCOc1ccc(cc1)CN2. The van der Waals surface area contributed by atoms with E-state index < -0.39 is 11.2 Å². The van der Waals surface area contributed by atoms with Gasteiger partial charge >= 0.3 is 24.0 Å². The van der Waals surface area contributed by atoms with E-state index in [9.17, 15) is 19.5 Å². The molecule has 6 aliphatic rings. The van der Waals surface area contributed by atoms with Crippen LogP contribution >= 0.6 is 11.6 Å². The third-order valence-electron chi connectivity index (χ3n) is 16.3. The number of benzene rings is 6. The first-order chi connectivity index (χ1) is 57.0. The maximum absolute atomic E-state index is 13.1. The number of carboxylic acid groups (broad SMARTS) is 1. The van der Waals surface area contributed by atoms with Crippen molar-refractivity contribution in [3.63, 3.8) is 0 Å². The Morgan fingerprint density at radius 1 is 0.385 bits per heavy atom. The Morgan fingerprint density at radius 3 is 0.991 bits per heavy atom. The summed E-state index contributed by atoms with van der Waals surface area (Å²) < 4.78 is 85.4. The van der Waals surface area contributed by atoms with Crippen molar-refractivity contribution in [1.82, 2.24) is 50.2 Å². The average Bonchev–Trinajstić information content (AvgIpc) is 1.28. The Labute approximate surface area is 682 Å². The molecule has 6 aromatic carbocycles. The molecule has 0 atom stereocenters. The Bertz CT molecular complexity index is 4400. The smallest absolute Gasteiger partial charge is 0.339 e. The number of carbonyl (C=O) groups is 3. The topological polar surface area (TPSA) is 410 Å². The molecule has 9 aromatic rings. The number of ether oxygens (including phenoxy) is 15. The zero-order valence-electron chi connectivity index (χ0n) is 66.2. The number of anilines is 9. The van der Waals surface area contributed by atoms with Gasteiger partial charge in [-0.3, -0.25) is 9.59 Å². The highest BCUT2D eigenvalue weighted by Gasteiger charge is 2.21. The van der Waals surface area contributed by atoms with Crippen LogP contribution in [0.4, 0.5) is 52.8 Å². The molecule has 0 spiro atoms. The van der Waals surface area contributed by atoms with E-state index in [0.29, 0.717) is 190 Å². The van der Waals surface area contributed by atoms with Gasteiger partial charge < -0.3 is 118 Å². The molecule has 624 valence electrons. The number of carbonyl (C=O) groups excluding carboxylic acids is 2. The summed E-state index contributed by atoms with van der Waals surface area (Å²) in [5.41, 5.74) is 5.44. The fourth-order valence-corrected chi connectivity index (χ4v) is 10.8. The first-order valence-electron chi connectivity index (χ1n) is 38.1. The standard InChI is InChI=1S/C30H41N7O6.C25H28ClN5O6.C25H29N5O7/c1-5-41-30-35-28-32-21-22-6-9-24(10-7-22)42-18-16-39-14-15-40-17-19-43-26-20-23(33-29(34-28)36-30)8-11-25(26)27(38)31-12-13-37(2,3)4;1-2-35-25-30-23-27-16-17-3-6-19(7-4-17)36-13-11-33-9-10-34-12-14-37-21-15-18(28-24(29-23)31-25)5-8-20(21)22(26)32;1-2-35-25-29-23-26-16-17-3-6-19(7-4-17)36-13-11-33-9-10-34-12-14-37-21-15-18(27-24(28-23)30-25)5-8-20(21)22(31)32/h6-11,20H,5,12-19,21H2,1-4H3,(H2-,31,32,33,34,35,36,38);3-8,15H,2,9-14,16H2,1H3,(H2,27,28,29,30,31);3-8,15H,2,9-14,16H2,1H3,(H,31,32)(H2,26,27,28,29,30)/p+1. The third kappa shape index (κ3) is 30.9. The lowest BCUT2D eigenvalue weighted by atomic mass is 10.1. The highest BCUT2D eigenvalue weighted by atomic mass is 35.5. The van der Waals surface area contributed by atoms with Crippen LogP contribution in [-0.2, 0) is 48.1 Å². The van der Waals surface area contributed by atoms with Crippen molar-refractivity contribution in [3.05, 3.63) is 161 Å². The van der Waals surface area contributed by atoms with Crippen LogP contribution in [0.1, 0.15) is 68.5 Å². The van der Waals surface area contributed by atoms with E-state index >= 15 is 0 Å². The molecule has 0 saturated heterocycles. The minimum Gasteiger partial charge on any atom is -0.491 e. The number of nitrogens with zero attached hydrogens (tertiary/aromatic N) is 10. The van der Waals surface area contributed by atoms with E-state index in [1.807, 2.05) is 93.6 Å². The molecule has 117 heavy (non-hydrogen) atoms. The first kappa shape index (κ1) is 87.4. The van der Waals surface area contributed by atoms with Gasteiger partial charge in [0.05, 0.1) is 144 Å². The number of rotatable bonds is 12. The number of aromatic carboxylic acids is 1. The van der Waals surface area contributed by atoms with Gasteiger partial charge in [-0.2, -0.15) is 44.9 Å². The van der Waals surface area contributed by atoms with Crippen LogP contribution in [0.15, 0.2) is 127 Å². The molecule has 9 heterocycles. The third-order valence-corrected chi connectivity index (χ3v) is 16.5. The second kappa shape index (κ2) is 47.1. The molecule has 18 bridgehead atoms. The van der Waals surface area contributed by atoms with E-state index in [2.05, 4.69) is 103 Å². The maximum Gasteiger partial charge on any atom is 0.339 e. The van der Waals surface area contributed by atoms with Crippen molar-refractivity contribution in [3.8, 4) is 52.5 Å². The first-order valence-corrected chi connectivity index (χ1v) is 38.5. The summed E-state index contributed by atoms with van der Waals surface area (Å²) >= 11 is 5.74. The fraction of sp³-hybridized carbons (Fsp3) is 0.400. The lowest BCUT2D eigenvalue weighted by Crippen LogP contribution is -2.41. The molecule has 6 aliphatic heterocycles. The van der Waals surface area contributed by atoms with Gasteiger partial charge in [0.2, 0.25) is 35.7 Å². The van der Waals surface area contributed by atoms with Gasteiger partial charge in [-0.1, -0.05) is 36.4 Å². The summed E-state index contributed by atoms with van der Waals surface area (Å²) in [5.74, 6) is 3.57. The van der Waals surface area contributed by atoms with Crippen LogP contribution < -0.4 is 79.8 Å². The van der Waals surface area contributed by atoms with Crippen LogP contribution in [0.5, 0.6) is 52.5 Å². The molecule has 15 rings (SSSR count). The fourth-order valence-electron chi connectivity index (χ4n) is 10.6. The number of likely N-dealkylation sites (N-methyl/N-ethyl adjacent to an activating group) is 1. The molecule has 3 aromatic heterocycles. The number of hydrogen-bond donors (Lipinski definition) is 8. The predicted octanol–water partition coefficient (Wildman–Crippen LogP) is 9.80. The van der Waals surface area contributed by atoms with Gasteiger partial charge in [0, 0.05) is 54.9 Å². The highest BCUT2D eigenvalue weighted by molar-refractivity contribution is 6.68. The molecular formula is C80H99ClN17O19+. The Hall–Kier alpha value is -12.0. The summed E-state index contributed by atoms with van der Waals surface area (Å²) in [5, 5.41) is 30.9. The molecule has 1 amide bonds. The molecule has 0 aliphatic carbocycles. The van der Waals surface area contributed by atoms with Gasteiger partial charge in [0.15, 0.2) is 0 Å². The Kier molecular flexibility index (Phi) is 35.2. The number of amides is 1. The van der Waals surface area contributed by atoms with Crippen molar-refractivity contribution in [2.45, 2.75) is 40.4 Å². The second-order valence-corrected chi connectivity index (χ2v) is 26.6. The van der Waals surface area contributed by atoms with Gasteiger partial charge in [-0.05, 0) is 122 Å². The quantitative estimate of drug-likeness (QED) is 0.0320. The summed E-state index contributed by atoms with van der Waals surface area (Å²) in [6.45, 7) is 16.0. The van der Waals surface area contributed by atoms with E-state index in [1.165, 1.54) is 6.07 Å². The summed E-state index contributed by atoms with van der Waals surface area (Å²) in [6, 6.07) is 38.4. The zero-order chi connectivity index (χ0) is 82.2. The van der Waals surface area contributed by atoms with Crippen LogP contribution in [0.25, 0.3) is 0 Å². The van der Waals surface area contributed by atoms with Crippen molar-refractivity contribution < 1.29 is 95.0 Å². The van der Waals surface area contributed by atoms with Crippen LogP contribution in [0.3, 0.4) is 0 Å².